The van der Waals surface area contributed by atoms with Gasteiger partial charge in [-0.3, -0.25) is 0 Å². The minimum atomic E-state index is -4.45. The Morgan fingerprint density at radius 1 is 1.10 bits per heavy atom. The van der Waals surface area contributed by atoms with Crippen LogP contribution in [0.2, 0.25) is 0 Å². The lowest BCUT2D eigenvalue weighted by atomic mass is 9.75. The number of alkyl halides is 3. The van der Waals surface area contributed by atoms with E-state index in [1.54, 1.807) is 0 Å². The molecule has 9 heteroatoms. The van der Waals surface area contributed by atoms with E-state index in [-0.39, 0.29) is 29.4 Å². The SMILES string of the molecule is CCC(CC)(CO)c1ccc2c(c1N)Cc1ccccc1-2.O=C(O)c1cc(OCC(F)(F)F)c(C2CC2)cn1. The van der Waals surface area contributed by atoms with Crippen molar-refractivity contribution in [1.82, 2.24) is 4.98 Å². The number of carboxylic acid groups (broad SMARTS) is 1. The Kier molecular flexibility index (Phi) is 8.20. The summed E-state index contributed by atoms with van der Waals surface area (Å²) in [4.78, 5) is 14.4. The van der Waals surface area contributed by atoms with Crippen molar-refractivity contribution >= 4 is 11.7 Å². The number of hydrogen-bond donors (Lipinski definition) is 3. The highest BCUT2D eigenvalue weighted by Gasteiger charge is 2.33. The molecular weight excluding hydrogens is 509 g/mol. The second-order valence-corrected chi connectivity index (χ2v) is 10.1. The highest BCUT2D eigenvalue weighted by molar-refractivity contribution is 5.86. The minimum absolute atomic E-state index is 0.0396. The molecule has 1 heterocycles. The zero-order valence-corrected chi connectivity index (χ0v) is 22.0. The maximum Gasteiger partial charge on any atom is 0.422 e. The number of aliphatic hydroxyl groups excluding tert-OH is 1. The second-order valence-electron chi connectivity index (χ2n) is 10.1. The molecule has 3 aromatic rings. The summed E-state index contributed by atoms with van der Waals surface area (Å²) in [6.07, 6.45) is 1.25. The number of carbonyl (C=O) groups is 1. The number of aliphatic hydroxyl groups is 1. The first-order valence-electron chi connectivity index (χ1n) is 13.1. The number of fused-ring (bicyclic) bond motifs is 3. The summed E-state index contributed by atoms with van der Waals surface area (Å²) in [7, 11) is 0. The van der Waals surface area contributed by atoms with Crippen LogP contribution >= 0.6 is 0 Å². The number of benzene rings is 2. The molecule has 0 amide bonds. The van der Waals surface area contributed by atoms with Gasteiger partial charge in [-0.1, -0.05) is 50.2 Å². The number of nitrogens with zero attached hydrogens (tertiary/aromatic N) is 1. The Morgan fingerprint density at radius 2 is 1.79 bits per heavy atom. The lowest BCUT2D eigenvalue weighted by molar-refractivity contribution is -0.153. The summed E-state index contributed by atoms with van der Waals surface area (Å²) in [5.74, 6) is -1.21. The van der Waals surface area contributed by atoms with Gasteiger partial charge in [0.25, 0.3) is 0 Å². The third kappa shape index (κ3) is 6.03. The summed E-state index contributed by atoms with van der Waals surface area (Å²) >= 11 is 0. The number of aromatic carboxylic acids is 1. The fraction of sp³-hybridized carbons (Fsp3) is 0.400. The predicted octanol–water partition coefficient (Wildman–Crippen LogP) is 6.49. The molecule has 0 saturated heterocycles. The summed E-state index contributed by atoms with van der Waals surface area (Å²) in [6.45, 7) is 2.97. The van der Waals surface area contributed by atoms with Gasteiger partial charge in [-0.2, -0.15) is 13.2 Å². The Balaban J connectivity index is 0.000000183. The smallest absolute Gasteiger partial charge is 0.422 e. The molecule has 39 heavy (non-hydrogen) atoms. The van der Waals surface area contributed by atoms with Crippen LogP contribution in [0, 0.1) is 0 Å². The van der Waals surface area contributed by atoms with Crippen molar-refractivity contribution in [3.05, 3.63) is 76.6 Å². The Bertz CT molecular complexity index is 1340. The largest absolute Gasteiger partial charge is 0.484 e. The molecule has 1 fully saturated rings. The molecule has 0 unspecified atom stereocenters. The average molecular weight is 543 g/mol. The molecule has 208 valence electrons. The lowest BCUT2D eigenvalue weighted by Crippen LogP contribution is -2.30. The Hall–Kier alpha value is -3.59. The maximum absolute atomic E-state index is 12.1. The molecule has 4 N–H and O–H groups in total. The van der Waals surface area contributed by atoms with E-state index in [2.05, 4.69) is 60.0 Å². The number of ether oxygens (including phenoxy) is 1. The van der Waals surface area contributed by atoms with Crippen molar-refractivity contribution < 1.29 is 32.9 Å². The van der Waals surface area contributed by atoms with Crippen molar-refractivity contribution in [1.29, 1.82) is 0 Å². The summed E-state index contributed by atoms with van der Waals surface area (Å²) in [5, 5.41) is 18.7. The molecule has 0 bridgehead atoms. The van der Waals surface area contributed by atoms with Crippen LogP contribution in [0.3, 0.4) is 0 Å². The predicted molar refractivity (Wildman–Crippen MR) is 143 cm³/mol. The van der Waals surface area contributed by atoms with E-state index in [4.69, 9.17) is 10.8 Å². The molecule has 1 saturated carbocycles. The van der Waals surface area contributed by atoms with Gasteiger partial charge in [0.05, 0.1) is 6.61 Å². The average Bonchev–Trinajstić information content (AvgIpc) is 3.69. The number of anilines is 1. The topological polar surface area (TPSA) is 106 Å². The van der Waals surface area contributed by atoms with Gasteiger partial charge in [-0.05, 0) is 59.4 Å². The fourth-order valence-electron chi connectivity index (χ4n) is 5.19. The van der Waals surface area contributed by atoms with Gasteiger partial charge in [0.2, 0.25) is 0 Å². The molecule has 1 aromatic heterocycles. The molecule has 2 aliphatic carbocycles. The van der Waals surface area contributed by atoms with Crippen molar-refractivity contribution in [2.75, 3.05) is 18.9 Å². The van der Waals surface area contributed by atoms with E-state index in [9.17, 15) is 23.1 Å². The van der Waals surface area contributed by atoms with Crippen LogP contribution in [0.4, 0.5) is 18.9 Å². The lowest BCUT2D eigenvalue weighted by Gasteiger charge is -2.32. The summed E-state index contributed by atoms with van der Waals surface area (Å²) in [5.41, 5.74) is 13.6. The van der Waals surface area contributed by atoms with Crippen LogP contribution in [-0.2, 0) is 11.8 Å². The molecular formula is C30H33F3N2O4. The zero-order valence-electron chi connectivity index (χ0n) is 22.0. The van der Waals surface area contributed by atoms with Crippen LogP contribution in [-0.4, -0.2) is 40.6 Å². The number of nitrogen functional groups attached to an aromatic ring is 1. The zero-order chi connectivity index (χ0) is 28.4. The molecule has 0 aliphatic heterocycles. The standard InChI is InChI=1S/C19H23NO.C11H10F3NO3/c1-3-19(4-2,12-21)17-10-9-15-14-8-6-5-7-13(14)11-16(15)18(17)20;12-11(13,14)5-18-9-3-8(10(16)17)15-4-7(9)6-1-2-6/h5-10,21H,3-4,11-12,20H2,1-2H3;3-4,6H,1-2,5H2,(H,16,17). The van der Waals surface area contributed by atoms with E-state index in [1.165, 1.54) is 28.5 Å². The number of hydrogen-bond acceptors (Lipinski definition) is 5. The molecule has 0 spiro atoms. The van der Waals surface area contributed by atoms with Crippen LogP contribution in [0.5, 0.6) is 5.75 Å². The van der Waals surface area contributed by atoms with Gasteiger partial charge in [-0.25, -0.2) is 9.78 Å². The van der Waals surface area contributed by atoms with Gasteiger partial charge in [-0.15, -0.1) is 0 Å². The van der Waals surface area contributed by atoms with Crippen molar-refractivity contribution in [3.63, 3.8) is 0 Å². The highest BCUT2D eigenvalue weighted by Crippen LogP contribution is 2.45. The van der Waals surface area contributed by atoms with Crippen LogP contribution in [0.15, 0.2) is 48.7 Å². The first-order valence-corrected chi connectivity index (χ1v) is 13.1. The number of rotatable bonds is 8. The molecule has 0 radical (unpaired) electrons. The molecule has 0 atom stereocenters. The number of aromatic nitrogens is 1. The number of carboxylic acids is 1. The van der Waals surface area contributed by atoms with Crippen molar-refractivity contribution in [2.24, 2.45) is 0 Å². The quantitative estimate of drug-likeness (QED) is 0.220. The van der Waals surface area contributed by atoms with Crippen LogP contribution in [0.25, 0.3) is 11.1 Å². The number of halogens is 3. The highest BCUT2D eigenvalue weighted by atomic mass is 19.4. The normalized spacial score (nSPS) is 14.2. The van der Waals surface area contributed by atoms with E-state index in [1.807, 2.05) is 0 Å². The molecule has 6 nitrogen and oxygen atoms in total. The van der Waals surface area contributed by atoms with Crippen molar-refractivity contribution in [2.45, 2.75) is 63.5 Å². The van der Waals surface area contributed by atoms with Crippen LogP contribution < -0.4 is 10.5 Å². The summed E-state index contributed by atoms with van der Waals surface area (Å²) < 4.78 is 40.9. The molecule has 5 rings (SSSR count). The van der Waals surface area contributed by atoms with Crippen LogP contribution in [0.1, 0.15) is 78.2 Å². The van der Waals surface area contributed by atoms with Gasteiger partial charge in [0, 0.05) is 35.3 Å². The number of pyridine rings is 1. The first-order chi connectivity index (χ1) is 18.5. The third-order valence-corrected chi connectivity index (χ3v) is 7.78. The second kappa shape index (κ2) is 11.3. The Labute approximate surface area is 225 Å². The van der Waals surface area contributed by atoms with E-state index >= 15 is 0 Å². The number of nitrogens with two attached hydrogens (primary N) is 1. The molecule has 2 aromatic carbocycles. The van der Waals surface area contributed by atoms with E-state index in [0.717, 1.165) is 49.4 Å². The monoisotopic (exact) mass is 542 g/mol. The van der Waals surface area contributed by atoms with Gasteiger partial charge < -0.3 is 20.7 Å². The third-order valence-electron chi connectivity index (χ3n) is 7.78. The van der Waals surface area contributed by atoms with Crippen molar-refractivity contribution in [3.8, 4) is 16.9 Å². The van der Waals surface area contributed by atoms with E-state index in [0.29, 0.717) is 5.56 Å². The Morgan fingerprint density at radius 3 is 2.38 bits per heavy atom. The van der Waals surface area contributed by atoms with Gasteiger partial charge in [0.1, 0.15) is 5.75 Å². The summed E-state index contributed by atoms with van der Waals surface area (Å²) in [6, 6.07) is 13.8. The molecule has 2 aliphatic rings. The first kappa shape index (κ1) is 28.4. The van der Waals surface area contributed by atoms with Gasteiger partial charge in [0.15, 0.2) is 12.3 Å². The maximum atomic E-state index is 12.1. The van der Waals surface area contributed by atoms with E-state index < -0.39 is 18.8 Å². The minimum Gasteiger partial charge on any atom is -0.484 e. The fourth-order valence-corrected chi connectivity index (χ4v) is 5.19. The van der Waals surface area contributed by atoms with Gasteiger partial charge >= 0.3 is 12.1 Å².